The molecule has 2 aromatic carbocycles. The third-order valence-electron chi connectivity index (χ3n) is 4.01. The highest BCUT2D eigenvalue weighted by Gasteiger charge is 2.14. The number of phenolic OH excluding ortho intramolecular Hbond substituents is 1. The lowest BCUT2D eigenvalue weighted by atomic mass is 10.2. The Morgan fingerprint density at radius 3 is 2.59 bits per heavy atom. The normalized spacial score (nSPS) is 11.0. The first-order chi connectivity index (χ1) is 14.1. The van der Waals surface area contributed by atoms with E-state index in [-0.39, 0.29) is 17.4 Å². The molecule has 0 radical (unpaired) electrons. The molecule has 0 aliphatic heterocycles. The van der Waals surface area contributed by atoms with E-state index in [4.69, 9.17) is 4.74 Å². The summed E-state index contributed by atoms with van der Waals surface area (Å²) >= 11 is 1.30. The summed E-state index contributed by atoms with van der Waals surface area (Å²) in [6.45, 7) is 2.68. The number of thioether (sulfide) groups is 1. The lowest BCUT2D eigenvalue weighted by Gasteiger charge is -2.07. The Labute approximate surface area is 172 Å². The highest BCUT2D eigenvalue weighted by atomic mass is 32.2. The van der Waals surface area contributed by atoms with Crippen molar-refractivity contribution in [3.05, 3.63) is 54.1 Å². The molecule has 0 spiro atoms. The van der Waals surface area contributed by atoms with E-state index < -0.39 is 0 Å². The van der Waals surface area contributed by atoms with E-state index in [0.717, 1.165) is 22.7 Å². The first-order valence-corrected chi connectivity index (χ1v) is 9.90. The van der Waals surface area contributed by atoms with Gasteiger partial charge >= 0.3 is 0 Å². The second kappa shape index (κ2) is 9.74. The van der Waals surface area contributed by atoms with Crippen molar-refractivity contribution in [3.8, 4) is 22.9 Å². The molecule has 0 saturated carbocycles. The standard InChI is InChI=1S/C20H21N5O3S/c1-3-25-19(15-6-10-17(28-2)11-7-15)23-24-20(25)29-13-18(27)22-21-12-14-4-8-16(26)9-5-14/h4-12,26H,3,13H2,1-2H3,(H,22,27)/b21-12+. The summed E-state index contributed by atoms with van der Waals surface area (Å²) in [7, 11) is 1.62. The Bertz CT molecular complexity index is 984. The molecule has 2 N–H and O–H groups in total. The number of carbonyl (C=O) groups excluding carboxylic acids is 1. The number of hydrogen-bond donors (Lipinski definition) is 2. The van der Waals surface area contributed by atoms with Gasteiger partial charge in [-0.05, 0) is 61.0 Å². The number of methoxy groups -OCH3 is 1. The van der Waals surface area contributed by atoms with Crippen LogP contribution < -0.4 is 10.2 Å². The van der Waals surface area contributed by atoms with Crippen LogP contribution in [0, 0.1) is 0 Å². The van der Waals surface area contributed by atoms with Gasteiger partial charge in [-0.2, -0.15) is 5.10 Å². The molecule has 0 saturated heterocycles. The number of hydrogen-bond acceptors (Lipinski definition) is 7. The van der Waals surface area contributed by atoms with Gasteiger partial charge in [0.05, 0.1) is 19.1 Å². The smallest absolute Gasteiger partial charge is 0.250 e. The number of ether oxygens (including phenoxy) is 1. The van der Waals surface area contributed by atoms with Crippen LogP contribution in [0.1, 0.15) is 12.5 Å². The predicted octanol–water partition coefficient (Wildman–Crippen LogP) is 2.92. The van der Waals surface area contributed by atoms with Gasteiger partial charge in [-0.15, -0.1) is 10.2 Å². The van der Waals surface area contributed by atoms with Crippen molar-refractivity contribution in [1.29, 1.82) is 0 Å². The van der Waals surface area contributed by atoms with Crippen molar-refractivity contribution < 1.29 is 14.6 Å². The Morgan fingerprint density at radius 1 is 1.21 bits per heavy atom. The topological polar surface area (TPSA) is 102 Å². The first-order valence-electron chi connectivity index (χ1n) is 8.92. The molecular formula is C20H21N5O3S. The van der Waals surface area contributed by atoms with Gasteiger partial charge in [-0.1, -0.05) is 11.8 Å². The SMILES string of the molecule is CCn1c(SCC(=O)N/N=C/c2ccc(O)cc2)nnc1-c1ccc(OC)cc1. The van der Waals surface area contributed by atoms with E-state index >= 15 is 0 Å². The van der Waals surface area contributed by atoms with E-state index in [2.05, 4.69) is 20.7 Å². The lowest BCUT2D eigenvalue weighted by molar-refractivity contribution is -0.118. The number of phenols is 1. The number of carbonyl (C=O) groups is 1. The first kappa shape index (κ1) is 20.4. The highest BCUT2D eigenvalue weighted by molar-refractivity contribution is 7.99. The van der Waals surface area contributed by atoms with E-state index in [1.807, 2.05) is 35.8 Å². The fourth-order valence-electron chi connectivity index (χ4n) is 2.54. The molecule has 8 nitrogen and oxygen atoms in total. The largest absolute Gasteiger partial charge is 0.508 e. The number of benzene rings is 2. The molecule has 9 heteroatoms. The minimum absolute atomic E-state index is 0.160. The van der Waals surface area contributed by atoms with Crippen LogP contribution in [-0.4, -0.2) is 44.9 Å². The highest BCUT2D eigenvalue weighted by Crippen LogP contribution is 2.25. The maximum absolute atomic E-state index is 12.1. The van der Waals surface area contributed by atoms with Crippen molar-refractivity contribution in [2.24, 2.45) is 5.10 Å². The molecular weight excluding hydrogens is 390 g/mol. The number of nitrogens with one attached hydrogen (secondary N) is 1. The number of nitrogens with zero attached hydrogens (tertiary/aromatic N) is 4. The fourth-order valence-corrected chi connectivity index (χ4v) is 3.33. The molecule has 150 valence electrons. The van der Waals surface area contributed by atoms with Crippen molar-refractivity contribution >= 4 is 23.9 Å². The van der Waals surface area contributed by atoms with Gasteiger partial charge in [-0.3, -0.25) is 4.79 Å². The molecule has 3 aromatic rings. The van der Waals surface area contributed by atoms with Gasteiger partial charge in [0.15, 0.2) is 11.0 Å². The number of hydrazone groups is 1. The van der Waals surface area contributed by atoms with Gasteiger partial charge in [0, 0.05) is 12.1 Å². The van der Waals surface area contributed by atoms with E-state index in [1.54, 1.807) is 31.4 Å². The van der Waals surface area contributed by atoms with Crippen LogP contribution in [0.2, 0.25) is 0 Å². The number of amides is 1. The zero-order chi connectivity index (χ0) is 20.6. The molecule has 1 amide bonds. The second-order valence-electron chi connectivity index (χ2n) is 5.95. The summed E-state index contributed by atoms with van der Waals surface area (Å²) in [5, 5.41) is 22.3. The summed E-state index contributed by atoms with van der Waals surface area (Å²) < 4.78 is 7.14. The molecule has 3 rings (SSSR count). The van der Waals surface area contributed by atoms with Gasteiger partial charge in [0.2, 0.25) is 0 Å². The van der Waals surface area contributed by atoms with Crippen LogP contribution in [0.5, 0.6) is 11.5 Å². The third-order valence-corrected chi connectivity index (χ3v) is 4.98. The molecule has 0 unspecified atom stereocenters. The summed E-state index contributed by atoms with van der Waals surface area (Å²) in [5.74, 6) is 1.60. The molecule has 0 aliphatic rings. The molecule has 1 heterocycles. The number of rotatable bonds is 8. The average Bonchev–Trinajstić information content (AvgIpc) is 3.16. The Hall–Kier alpha value is -3.33. The van der Waals surface area contributed by atoms with E-state index in [9.17, 15) is 9.90 Å². The van der Waals surface area contributed by atoms with Crippen LogP contribution in [0.4, 0.5) is 0 Å². The molecule has 29 heavy (non-hydrogen) atoms. The molecule has 0 atom stereocenters. The average molecular weight is 411 g/mol. The fraction of sp³-hybridized carbons (Fsp3) is 0.200. The maximum Gasteiger partial charge on any atom is 0.250 e. The van der Waals surface area contributed by atoms with Crippen molar-refractivity contribution in [1.82, 2.24) is 20.2 Å². The number of aromatic nitrogens is 3. The quantitative estimate of drug-likeness (QED) is 0.336. The van der Waals surface area contributed by atoms with Crippen molar-refractivity contribution in [2.45, 2.75) is 18.6 Å². The summed E-state index contributed by atoms with van der Waals surface area (Å²) in [5.41, 5.74) is 4.18. The molecule has 0 fully saturated rings. The molecule has 1 aromatic heterocycles. The van der Waals surface area contributed by atoms with Gasteiger partial charge < -0.3 is 14.4 Å². The van der Waals surface area contributed by atoms with Gasteiger partial charge in [-0.25, -0.2) is 5.43 Å². The second-order valence-corrected chi connectivity index (χ2v) is 6.89. The lowest BCUT2D eigenvalue weighted by Crippen LogP contribution is -2.20. The van der Waals surface area contributed by atoms with Crippen LogP contribution in [0.25, 0.3) is 11.4 Å². The minimum Gasteiger partial charge on any atom is -0.508 e. The Balaban J connectivity index is 1.59. The maximum atomic E-state index is 12.1. The Kier molecular flexibility index (Phi) is 6.85. The summed E-state index contributed by atoms with van der Waals surface area (Å²) in [6.07, 6.45) is 1.51. The van der Waals surface area contributed by atoms with Crippen LogP contribution >= 0.6 is 11.8 Å². The minimum atomic E-state index is -0.248. The Morgan fingerprint density at radius 2 is 1.93 bits per heavy atom. The van der Waals surface area contributed by atoms with E-state index in [1.165, 1.54) is 18.0 Å². The van der Waals surface area contributed by atoms with Crippen LogP contribution in [0.15, 0.2) is 58.8 Å². The predicted molar refractivity (Wildman–Crippen MR) is 112 cm³/mol. The summed E-state index contributed by atoms with van der Waals surface area (Å²) in [4.78, 5) is 12.1. The zero-order valence-corrected chi connectivity index (χ0v) is 16.9. The van der Waals surface area contributed by atoms with Gasteiger partial charge in [0.1, 0.15) is 11.5 Å². The van der Waals surface area contributed by atoms with Crippen LogP contribution in [0.3, 0.4) is 0 Å². The molecule has 0 aliphatic carbocycles. The van der Waals surface area contributed by atoms with Crippen molar-refractivity contribution in [2.75, 3.05) is 12.9 Å². The zero-order valence-electron chi connectivity index (χ0n) is 16.1. The third kappa shape index (κ3) is 5.35. The van der Waals surface area contributed by atoms with Gasteiger partial charge in [0.25, 0.3) is 5.91 Å². The molecule has 0 bridgehead atoms. The monoisotopic (exact) mass is 411 g/mol. The summed E-state index contributed by atoms with van der Waals surface area (Å²) in [6, 6.07) is 14.1. The number of aromatic hydroxyl groups is 1. The van der Waals surface area contributed by atoms with Crippen molar-refractivity contribution in [3.63, 3.8) is 0 Å². The van der Waals surface area contributed by atoms with Crippen LogP contribution in [-0.2, 0) is 11.3 Å². The van der Waals surface area contributed by atoms with E-state index in [0.29, 0.717) is 11.7 Å².